The summed E-state index contributed by atoms with van der Waals surface area (Å²) in [7, 11) is 0. The Hall–Kier alpha value is -3.39. The number of aryl methyl sites for hydroxylation is 2. The van der Waals surface area contributed by atoms with E-state index >= 15 is 0 Å². The number of fused-ring (bicyclic) bond motifs is 1. The maximum Gasteiger partial charge on any atom is 0.259 e. The topological polar surface area (TPSA) is 91.6 Å². The highest BCUT2D eigenvalue weighted by atomic mass is 35.5. The van der Waals surface area contributed by atoms with Crippen LogP contribution in [0.5, 0.6) is 0 Å². The molecule has 1 aromatic carbocycles. The van der Waals surface area contributed by atoms with Crippen LogP contribution in [0.2, 0.25) is 5.02 Å². The molecule has 2 aliphatic rings. The minimum Gasteiger partial charge on any atom is -0.377 e. The standard InChI is InChI=1S/C23H22ClN5O3/c1-13-21(14(2)32-27-13)23(31)28-11-18(12-28)26-17-8-19(10-25-9-17)29-6-5-15-7-16(24)3-4-20(15)22(29)30/h3-4,7-10,18,26H,5-6,11-12H2,1-2H3. The Labute approximate surface area is 190 Å². The van der Waals surface area contributed by atoms with Crippen molar-refractivity contribution in [1.82, 2.24) is 15.0 Å². The highest BCUT2D eigenvalue weighted by molar-refractivity contribution is 6.30. The quantitative estimate of drug-likeness (QED) is 0.653. The van der Waals surface area contributed by atoms with Crippen LogP contribution in [0.15, 0.2) is 41.2 Å². The normalized spacial score (nSPS) is 16.0. The Bertz CT molecular complexity index is 1200. The van der Waals surface area contributed by atoms with E-state index in [9.17, 15) is 9.59 Å². The lowest BCUT2D eigenvalue weighted by Crippen LogP contribution is -2.57. The van der Waals surface area contributed by atoms with E-state index in [2.05, 4.69) is 15.5 Å². The van der Waals surface area contributed by atoms with Crippen LogP contribution in [-0.2, 0) is 6.42 Å². The number of carbonyl (C=O) groups is 2. The monoisotopic (exact) mass is 451 g/mol. The van der Waals surface area contributed by atoms with Gasteiger partial charge in [0.2, 0.25) is 0 Å². The van der Waals surface area contributed by atoms with Gasteiger partial charge in [0.05, 0.1) is 35.5 Å². The lowest BCUT2D eigenvalue weighted by Gasteiger charge is -2.40. The predicted molar refractivity (Wildman–Crippen MR) is 120 cm³/mol. The summed E-state index contributed by atoms with van der Waals surface area (Å²) in [5.41, 5.74) is 4.34. The fraction of sp³-hybridized carbons (Fsp3) is 0.304. The van der Waals surface area contributed by atoms with E-state index in [1.165, 1.54) is 0 Å². The van der Waals surface area contributed by atoms with Crippen molar-refractivity contribution in [1.29, 1.82) is 0 Å². The van der Waals surface area contributed by atoms with Crippen molar-refractivity contribution in [3.05, 3.63) is 69.8 Å². The fourth-order valence-electron chi connectivity index (χ4n) is 4.28. The fourth-order valence-corrected chi connectivity index (χ4v) is 4.47. The molecule has 0 bridgehead atoms. The van der Waals surface area contributed by atoms with Gasteiger partial charge in [-0.15, -0.1) is 0 Å². The van der Waals surface area contributed by atoms with Crippen LogP contribution in [0.3, 0.4) is 0 Å². The maximum atomic E-state index is 13.0. The summed E-state index contributed by atoms with van der Waals surface area (Å²) >= 11 is 6.06. The first kappa shape index (κ1) is 20.5. The molecule has 3 aromatic rings. The second kappa shape index (κ2) is 7.94. The van der Waals surface area contributed by atoms with Gasteiger partial charge in [-0.1, -0.05) is 16.8 Å². The number of benzene rings is 1. The zero-order chi connectivity index (χ0) is 22.4. The first-order valence-electron chi connectivity index (χ1n) is 10.4. The number of anilines is 2. The average molecular weight is 452 g/mol. The number of nitrogens with zero attached hydrogens (tertiary/aromatic N) is 4. The molecule has 1 fully saturated rings. The van der Waals surface area contributed by atoms with Gasteiger partial charge < -0.3 is 19.6 Å². The Morgan fingerprint density at radius 2 is 2.03 bits per heavy atom. The summed E-state index contributed by atoms with van der Waals surface area (Å²) < 4.78 is 5.10. The second-order valence-electron chi connectivity index (χ2n) is 8.19. The van der Waals surface area contributed by atoms with Gasteiger partial charge in [0.1, 0.15) is 11.3 Å². The van der Waals surface area contributed by atoms with E-state index in [4.69, 9.17) is 16.1 Å². The second-order valence-corrected chi connectivity index (χ2v) is 8.63. The van der Waals surface area contributed by atoms with E-state index in [0.717, 1.165) is 23.4 Å². The number of rotatable bonds is 4. The first-order chi connectivity index (χ1) is 15.4. The first-order valence-corrected chi connectivity index (χ1v) is 10.8. The zero-order valence-electron chi connectivity index (χ0n) is 17.8. The number of nitrogens with one attached hydrogen (secondary N) is 1. The van der Waals surface area contributed by atoms with Crippen LogP contribution in [-0.4, -0.2) is 52.5 Å². The molecule has 2 amide bonds. The number of carbonyl (C=O) groups excluding carboxylic acids is 2. The number of halogens is 1. The number of likely N-dealkylation sites (tertiary alicyclic amines) is 1. The average Bonchev–Trinajstić information content (AvgIpc) is 3.08. The van der Waals surface area contributed by atoms with Gasteiger partial charge >= 0.3 is 0 Å². The van der Waals surface area contributed by atoms with Crippen molar-refractivity contribution < 1.29 is 14.1 Å². The molecule has 0 radical (unpaired) electrons. The van der Waals surface area contributed by atoms with Crippen molar-refractivity contribution in [2.45, 2.75) is 26.3 Å². The molecule has 2 aliphatic heterocycles. The van der Waals surface area contributed by atoms with Gasteiger partial charge in [0.25, 0.3) is 11.8 Å². The zero-order valence-corrected chi connectivity index (χ0v) is 18.5. The van der Waals surface area contributed by atoms with Gasteiger partial charge in [0, 0.05) is 30.2 Å². The summed E-state index contributed by atoms with van der Waals surface area (Å²) in [5.74, 6) is 0.418. The molecule has 1 N–H and O–H groups in total. The maximum absolute atomic E-state index is 13.0. The summed E-state index contributed by atoms with van der Waals surface area (Å²) in [5, 5.41) is 7.91. The molecular weight excluding hydrogens is 430 g/mol. The van der Waals surface area contributed by atoms with Crippen LogP contribution in [0.4, 0.5) is 11.4 Å². The Morgan fingerprint density at radius 1 is 1.22 bits per heavy atom. The number of pyridine rings is 1. The van der Waals surface area contributed by atoms with E-state index in [-0.39, 0.29) is 17.9 Å². The largest absolute Gasteiger partial charge is 0.377 e. The van der Waals surface area contributed by atoms with E-state index in [1.54, 1.807) is 48.2 Å². The highest BCUT2D eigenvalue weighted by Gasteiger charge is 2.34. The van der Waals surface area contributed by atoms with Crippen LogP contribution in [0.25, 0.3) is 0 Å². The molecule has 0 atom stereocenters. The third-order valence-corrected chi connectivity index (χ3v) is 6.20. The number of hydrogen-bond donors (Lipinski definition) is 1. The summed E-state index contributed by atoms with van der Waals surface area (Å²) in [6.45, 7) is 5.23. The van der Waals surface area contributed by atoms with E-state index < -0.39 is 0 Å². The Balaban J connectivity index is 1.25. The molecule has 0 aliphatic carbocycles. The predicted octanol–water partition coefficient (Wildman–Crippen LogP) is 3.48. The minimum absolute atomic E-state index is 0.0539. The third kappa shape index (κ3) is 3.60. The highest BCUT2D eigenvalue weighted by Crippen LogP contribution is 2.28. The van der Waals surface area contributed by atoms with Crippen molar-refractivity contribution >= 4 is 34.8 Å². The summed E-state index contributed by atoms with van der Waals surface area (Å²) in [6, 6.07) is 7.40. The summed E-state index contributed by atoms with van der Waals surface area (Å²) in [6.07, 6.45) is 4.16. The smallest absolute Gasteiger partial charge is 0.259 e. The summed E-state index contributed by atoms with van der Waals surface area (Å²) in [4.78, 5) is 33.5. The van der Waals surface area contributed by atoms with Crippen LogP contribution >= 0.6 is 11.6 Å². The molecule has 164 valence electrons. The van der Waals surface area contributed by atoms with Crippen molar-refractivity contribution in [3.8, 4) is 0 Å². The van der Waals surface area contributed by atoms with Crippen LogP contribution < -0.4 is 10.2 Å². The van der Waals surface area contributed by atoms with E-state index in [1.807, 2.05) is 12.1 Å². The number of hydrogen-bond acceptors (Lipinski definition) is 6. The van der Waals surface area contributed by atoms with Crippen molar-refractivity contribution in [2.75, 3.05) is 29.9 Å². The molecule has 8 nitrogen and oxygen atoms in total. The molecular formula is C23H22ClN5O3. The van der Waals surface area contributed by atoms with Crippen molar-refractivity contribution in [2.24, 2.45) is 0 Å². The molecule has 5 rings (SSSR count). The molecule has 32 heavy (non-hydrogen) atoms. The van der Waals surface area contributed by atoms with Crippen LogP contribution in [0, 0.1) is 13.8 Å². The number of amides is 2. The lowest BCUT2D eigenvalue weighted by atomic mass is 9.98. The number of aromatic nitrogens is 2. The minimum atomic E-state index is -0.0659. The SMILES string of the molecule is Cc1noc(C)c1C(=O)N1CC(Nc2cncc(N3CCc4cc(Cl)ccc4C3=O)c2)C1. The van der Waals surface area contributed by atoms with Gasteiger partial charge in [-0.25, -0.2) is 0 Å². The Kier molecular flexibility index (Phi) is 5.09. The molecule has 0 spiro atoms. The van der Waals surface area contributed by atoms with Gasteiger partial charge in [-0.2, -0.15) is 0 Å². The molecule has 2 aromatic heterocycles. The Morgan fingerprint density at radius 3 is 2.78 bits per heavy atom. The molecule has 1 saturated heterocycles. The lowest BCUT2D eigenvalue weighted by molar-refractivity contribution is 0.0622. The third-order valence-electron chi connectivity index (χ3n) is 5.97. The van der Waals surface area contributed by atoms with Crippen molar-refractivity contribution in [3.63, 3.8) is 0 Å². The molecule has 9 heteroatoms. The molecule has 0 saturated carbocycles. The van der Waals surface area contributed by atoms with Gasteiger partial charge in [0.15, 0.2) is 0 Å². The van der Waals surface area contributed by atoms with Gasteiger partial charge in [-0.3, -0.25) is 14.6 Å². The van der Waals surface area contributed by atoms with Crippen LogP contribution in [0.1, 0.15) is 37.7 Å². The molecule has 0 unspecified atom stereocenters. The molecule has 4 heterocycles. The van der Waals surface area contributed by atoms with Gasteiger partial charge in [-0.05, 0) is 50.1 Å². The van der Waals surface area contributed by atoms with E-state index in [0.29, 0.717) is 47.2 Å².